The van der Waals surface area contributed by atoms with Gasteiger partial charge in [0.05, 0.1) is 12.9 Å². The number of thioether (sulfide) groups is 1. The van der Waals surface area contributed by atoms with Crippen LogP contribution in [0.2, 0.25) is 0 Å². The molecule has 0 saturated heterocycles. The minimum Gasteiger partial charge on any atom is -0.497 e. The first-order valence-corrected chi connectivity index (χ1v) is 10.2. The molecule has 0 radical (unpaired) electrons. The Morgan fingerprint density at radius 2 is 2.07 bits per heavy atom. The third-order valence-electron chi connectivity index (χ3n) is 4.26. The first-order valence-electron chi connectivity index (χ1n) is 9.24. The van der Waals surface area contributed by atoms with E-state index in [1.54, 1.807) is 13.2 Å². The molecule has 3 aromatic rings. The van der Waals surface area contributed by atoms with Gasteiger partial charge in [0.15, 0.2) is 11.0 Å². The summed E-state index contributed by atoms with van der Waals surface area (Å²) in [6.07, 6.45) is 1.80. The van der Waals surface area contributed by atoms with Gasteiger partial charge >= 0.3 is 0 Å². The number of hydrogen-bond acceptors (Lipinski definition) is 5. The van der Waals surface area contributed by atoms with E-state index in [9.17, 15) is 4.79 Å². The Balaban J connectivity index is 1.63. The summed E-state index contributed by atoms with van der Waals surface area (Å²) in [6, 6.07) is 15.7. The Hall–Kier alpha value is -3.06. The molecule has 0 saturated carbocycles. The van der Waals surface area contributed by atoms with E-state index in [-0.39, 0.29) is 11.7 Å². The summed E-state index contributed by atoms with van der Waals surface area (Å²) in [6.45, 7) is 6.89. The Morgan fingerprint density at radius 3 is 2.83 bits per heavy atom. The summed E-state index contributed by atoms with van der Waals surface area (Å²) in [4.78, 5) is 12.3. The summed E-state index contributed by atoms with van der Waals surface area (Å²) in [5.41, 5.74) is 3.13. The van der Waals surface area contributed by atoms with Crippen LogP contribution in [0.25, 0.3) is 11.4 Å². The van der Waals surface area contributed by atoms with Gasteiger partial charge in [0.2, 0.25) is 5.91 Å². The lowest BCUT2D eigenvalue weighted by atomic mass is 10.1. The second-order valence-electron chi connectivity index (χ2n) is 6.49. The zero-order valence-electron chi connectivity index (χ0n) is 16.6. The van der Waals surface area contributed by atoms with Gasteiger partial charge in [-0.3, -0.25) is 9.36 Å². The minimum atomic E-state index is -0.0666. The van der Waals surface area contributed by atoms with Gasteiger partial charge in [-0.2, -0.15) is 0 Å². The highest BCUT2D eigenvalue weighted by atomic mass is 32.2. The number of carbonyl (C=O) groups is 1. The van der Waals surface area contributed by atoms with Crippen LogP contribution in [0, 0.1) is 6.92 Å². The number of hydrogen-bond donors (Lipinski definition) is 1. The maximum absolute atomic E-state index is 12.3. The van der Waals surface area contributed by atoms with E-state index in [1.807, 2.05) is 54.0 Å². The molecule has 0 unspecified atom stereocenters. The number of methoxy groups -OCH3 is 1. The quantitative estimate of drug-likeness (QED) is 0.430. The van der Waals surface area contributed by atoms with Gasteiger partial charge in [-0.25, -0.2) is 0 Å². The molecule has 150 valence electrons. The van der Waals surface area contributed by atoms with Crippen molar-refractivity contribution in [3.05, 3.63) is 72.3 Å². The molecule has 29 heavy (non-hydrogen) atoms. The normalized spacial score (nSPS) is 10.6. The van der Waals surface area contributed by atoms with Crippen molar-refractivity contribution in [1.82, 2.24) is 20.1 Å². The highest BCUT2D eigenvalue weighted by molar-refractivity contribution is 7.99. The lowest BCUT2D eigenvalue weighted by Crippen LogP contribution is -2.24. The van der Waals surface area contributed by atoms with E-state index in [0.29, 0.717) is 18.2 Å². The molecule has 6 nitrogen and oxygen atoms in total. The predicted molar refractivity (Wildman–Crippen MR) is 116 cm³/mol. The lowest BCUT2D eigenvalue weighted by Gasteiger charge is -2.09. The summed E-state index contributed by atoms with van der Waals surface area (Å²) < 4.78 is 7.18. The monoisotopic (exact) mass is 408 g/mol. The maximum atomic E-state index is 12.3. The molecule has 0 spiro atoms. The van der Waals surface area contributed by atoms with E-state index < -0.39 is 0 Å². The molecule has 1 N–H and O–H groups in total. The molecular formula is C22H24N4O2S. The van der Waals surface area contributed by atoms with Gasteiger partial charge in [-0.1, -0.05) is 53.7 Å². The molecular weight excluding hydrogens is 384 g/mol. The number of aromatic nitrogens is 3. The molecule has 7 heteroatoms. The summed E-state index contributed by atoms with van der Waals surface area (Å²) >= 11 is 1.36. The van der Waals surface area contributed by atoms with Gasteiger partial charge < -0.3 is 10.1 Å². The number of ether oxygens (including phenoxy) is 1. The van der Waals surface area contributed by atoms with Gasteiger partial charge in [-0.05, 0) is 30.7 Å². The molecule has 0 fully saturated rings. The van der Waals surface area contributed by atoms with Crippen LogP contribution in [0.4, 0.5) is 0 Å². The Kier molecular flexibility index (Phi) is 7.08. The molecule has 0 atom stereocenters. The fraction of sp³-hybridized carbons (Fsp3) is 0.227. The second kappa shape index (κ2) is 9.93. The van der Waals surface area contributed by atoms with Crippen LogP contribution in [0.15, 0.2) is 66.3 Å². The molecule has 3 rings (SSSR count). The number of rotatable bonds is 9. The third kappa shape index (κ3) is 5.48. The summed E-state index contributed by atoms with van der Waals surface area (Å²) in [5, 5.41) is 12.2. The van der Waals surface area contributed by atoms with Crippen LogP contribution < -0.4 is 10.1 Å². The maximum Gasteiger partial charge on any atom is 0.230 e. The fourth-order valence-corrected chi connectivity index (χ4v) is 3.63. The number of amides is 1. The molecule has 0 aliphatic heterocycles. The van der Waals surface area contributed by atoms with Gasteiger partial charge in [0.25, 0.3) is 0 Å². The highest BCUT2D eigenvalue weighted by Gasteiger charge is 2.15. The van der Waals surface area contributed by atoms with Crippen LogP contribution in [0.1, 0.15) is 11.1 Å². The molecule has 0 aliphatic carbocycles. The van der Waals surface area contributed by atoms with E-state index in [4.69, 9.17) is 4.74 Å². The highest BCUT2D eigenvalue weighted by Crippen LogP contribution is 2.24. The topological polar surface area (TPSA) is 69.0 Å². The van der Waals surface area contributed by atoms with Crippen LogP contribution >= 0.6 is 11.8 Å². The molecule has 2 aromatic carbocycles. The van der Waals surface area contributed by atoms with Gasteiger partial charge in [0.1, 0.15) is 5.75 Å². The molecule has 0 bridgehead atoms. The number of nitrogens with zero attached hydrogens (tertiary/aromatic N) is 3. The van der Waals surface area contributed by atoms with Crippen molar-refractivity contribution in [2.75, 3.05) is 12.9 Å². The third-order valence-corrected chi connectivity index (χ3v) is 5.23. The van der Waals surface area contributed by atoms with Crippen molar-refractivity contribution in [3.8, 4) is 17.1 Å². The second-order valence-corrected chi connectivity index (χ2v) is 7.43. The zero-order valence-corrected chi connectivity index (χ0v) is 17.4. The van der Waals surface area contributed by atoms with Gasteiger partial charge in [-0.15, -0.1) is 16.8 Å². The summed E-state index contributed by atoms with van der Waals surface area (Å²) in [7, 11) is 1.62. The largest absolute Gasteiger partial charge is 0.497 e. The van der Waals surface area contributed by atoms with Crippen molar-refractivity contribution < 1.29 is 9.53 Å². The number of aryl methyl sites for hydroxylation is 1. The average Bonchev–Trinajstić information content (AvgIpc) is 3.14. The molecule has 1 heterocycles. The zero-order chi connectivity index (χ0) is 20.6. The molecule has 1 aromatic heterocycles. The first-order chi connectivity index (χ1) is 14.1. The molecule has 1 amide bonds. The number of nitrogens with one attached hydrogen (secondary N) is 1. The van der Waals surface area contributed by atoms with E-state index in [2.05, 4.69) is 28.2 Å². The van der Waals surface area contributed by atoms with Crippen molar-refractivity contribution in [1.29, 1.82) is 0 Å². The molecule has 0 aliphatic rings. The van der Waals surface area contributed by atoms with Gasteiger partial charge in [0, 0.05) is 18.7 Å². The minimum absolute atomic E-state index is 0.0666. The summed E-state index contributed by atoms with van der Waals surface area (Å²) in [5.74, 6) is 1.73. The van der Waals surface area contributed by atoms with Crippen molar-refractivity contribution in [3.63, 3.8) is 0 Å². The Labute approximate surface area is 175 Å². The smallest absolute Gasteiger partial charge is 0.230 e. The van der Waals surface area contributed by atoms with Crippen LogP contribution in [-0.2, 0) is 17.9 Å². The Morgan fingerprint density at radius 1 is 1.24 bits per heavy atom. The predicted octanol–water partition coefficient (Wildman–Crippen LogP) is 3.86. The number of benzene rings is 2. The SMILES string of the molecule is C=CCn1c(SCC(=O)NCc2cccc(OC)c2)nnc1-c1cccc(C)c1. The van der Waals surface area contributed by atoms with Crippen molar-refractivity contribution in [2.45, 2.75) is 25.2 Å². The fourth-order valence-electron chi connectivity index (χ4n) is 2.85. The van der Waals surface area contributed by atoms with Crippen molar-refractivity contribution >= 4 is 17.7 Å². The standard InChI is InChI=1S/C22H24N4O2S/c1-4-11-26-21(18-9-5-7-16(2)12-18)24-25-22(26)29-15-20(27)23-14-17-8-6-10-19(13-17)28-3/h4-10,12-13H,1,11,14-15H2,2-3H3,(H,23,27). The first kappa shape index (κ1) is 20.7. The Bertz CT molecular complexity index is 1000. The van der Waals surface area contributed by atoms with Crippen LogP contribution in [-0.4, -0.2) is 33.5 Å². The average molecular weight is 409 g/mol. The van der Waals surface area contributed by atoms with Crippen LogP contribution in [0.3, 0.4) is 0 Å². The van der Waals surface area contributed by atoms with Crippen LogP contribution in [0.5, 0.6) is 5.75 Å². The van der Waals surface area contributed by atoms with Crippen molar-refractivity contribution in [2.24, 2.45) is 0 Å². The van der Waals surface area contributed by atoms with E-state index >= 15 is 0 Å². The lowest BCUT2D eigenvalue weighted by molar-refractivity contribution is -0.118. The number of allylic oxidation sites excluding steroid dienone is 1. The van der Waals surface area contributed by atoms with E-state index in [0.717, 1.165) is 28.3 Å². The number of carbonyl (C=O) groups excluding carboxylic acids is 1. The van der Waals surface area contributed by atoms with E-state index in [1.165, 1.54) is 11.8 Å².